The van der Waals surface area contributed by atoms with Gasteiger partial charge < -0.3 is 0 Å². The van der Waals surface area contributed by atoms with E-state index in [9.17, 15) is 4.79 Å². The molecule has 0 saturated heterocycles. The second-order valence-corrected chi connectivity index (χ2v) is 4.61. The van der Waals surface area contributed by atoms with Gasteiger partial charge >= 0.3 is 0 Å². The molecule has 0 radical (unpaired) electrons. The topological polar surface area (TPSA) is 17.1 Å². The quantitative estimate of drug-likeness (QED) is 0.681. The summed E-state index contributed by atoms with van der Waals surface area (Å²) < 4.78 is 0. The van der Waals surface area contributed by atoms with E-state index >= 15 is 0 Å². The SMILES string of the molecule is CC.CCC(c1ccccc1)c1ccc(C=O)cc1C. The lowest BCUT2D eigenvalue weighted by atomic mass is 9.86. The van der Waals surface area contributed by atoms with Crippen molar-refractivity contribution in [3.05, 3.63) is 70.8 Å². The maximum Gasteiger partial charge on any atom is 0.150 e. The molecule has 106 valence electrons. The molecule has 2 rings (SSSR count). The summed E-state index contributed by atoms with van der Waals surface area (Å²) in [7, 11) is 0. The standard InChI is InChI=1S/C17H18O.C2H6/c1-3-16(15-7-5-4-6-8-15)17-10-9-14(12-18)11-13(17)2;1-2/h4-12,16H,3H2,1-2H3;1-2H3. The summed E-state index contributed by atoms with van der Waals surface area (Å²) in [5.41, 5.74) is 4.59. The Morgan fingerprint density at radius 3 is 2.20 bits per heavy atom. The van der Waals surface area contributed by atoms with E-state index in [4.69, 9.17) is 0 Å². The van der Waals surface area contributed by atoms with Gasteiger partial charge in [0.1, 0.15) is 6.29 Å². The molecule has 0 aliphatic carbocycles. The summed E-state index contributed by atoms with van der Waals surface area (Å²) in [6.07, 6.45) is 1.96. The highest BCUT2D eigenvalue weighted by molar-refractivity contribution is 5.75. The number of aryl methyl sites for hydroxylation is 1. The Labute approximate surface area is 122 Å². The maximum atomic E-state index is 10.8. The van der Waals surface area contributed by atoms with Gasteiger partial charge in [0, 0.05) is 11.5 Å². The van der Waals surface area contributed by atoms with Crippen LogP contribution in [0.3, 0.4) is 0 Å². The predicted molar refractivity (Wildman–Crippen MR) is 86.5 cm³/mol. The summed E-state index contributed by atoms with van der Waals surface area (Å²) in [6, 6.07) is 16.5. The predicted octanol–water partition coefficient (Wildman–Crippen LogP) is 5.38. The van der Waals surface area contributed by atoms with E-state index in [0.29, 0.717) is 5.92 Å². The molecule has 1 atom stereocenters. The summed E-state index contributed by atoms with van der Waals surface area (Å²) in [5, 5.41) is 0. The van der Waals surface area contributed by atoms with Crippen LogP contribution in [0.1, 0.15) is 60.2 Å². The molecule has 2 aromatic rings. The Bertz CT molecular complexity index is 529. The van der Waals surface area contributed by atoms with Crippen molar-refractivity contribution in [1.29, 1.82) is 0 Å². The lowest BCUT2D eigenvalue weighted by Gasteiger charge is -2.18. The summed E-state index contributed by atoms with van der Waals surface area (Å²) in [5.74, 6) is 0.409. The Balaban J connectivity index is 0.000000956. The van der Waals surface area contributed by atoms with E-state index in [2.05, 4.69) is 44.2 Å². The smallest absolute Gasteiger partial charge is 0.150 e. The molecule has 0 N–H and O–H groups in total. The first-order chi connectivity index (χ1) is 9.76. The van der Waals surface area contributed by atoms with Gasteiger partial charge in [0.15, 0.2) is 0 Å². The van der Waals surface area contributed by atoms with E-state index in [1.807, 2.05) is 32.0 Å². The van der Waals surface area contributed by atoms with Crippen molar-refractivity contribution in [2.24, 2.45) is 0 Å². The zero-order valence-electron chi connectivity index (χ0n) is 12.9. The third kappa shape index (κ3) is 3.80. The number of hydrogen-bond acceptors (Lipinski definition) is 1. The fourth-order valence-electron chi connectivity index (χ4n) is 2.48. The lowest BCUT2D eigenvalue weighted by molar-refractivity contribution is 0.112. The van der Waals surface area contributed by atoms with Crippen LogP contribution < -0.4 is 0 Å². The van der Waals surface area contributed by atoms with E-state index < -0.39 is 0 Å². The van der Waals surface area contributed by atoms with Crippen molar-refractivity contribution in [2.75, 3.05) is 0 Å². The minimum atomic E-state index is 0.409. The van der Waals surface area contributed by atoms with Crippen molar-refractivity contribution in [3.8, 4) is 0 Å². The molecule has 0 aliphatic rings. The number of hydrogen-bond donors (Lipinski definition) is 0. The van der Waals surface area contributed by atoms with Gasteiger partial charge in [-0.25, -0.2) is 0 Å². The van der Waals surface area contributed by atoms with Crippen LogP contribution in [0.25, 0.3) is 0 Å². The molecule has 0 aromatic heterocycles. The van der Waals surface area contributed by atoms with Gasteiger partial charge in [-0.1, -0.05) is 63.2 Å². The third-order valence-electron chi connectivity index (χ3n) is 3.42. The van der Waals surface area contributed by atoms with Crippen molar-refractivity contribution < 1.29 is 4.79 Å². The fourth-order valence-corrected chi connectivity index (χ4v) is 2.48. The number of carbonyl (C=O) groups excluding carboxylic acids is 1. The molecular weight excluding hydrogens is 244 g/mol. The van der Waals surface area contributed by atoms with Gasteiger partial charge in [0.25, 0.3) is 0 Å². The normalized spacial score (nSPS) is 11.2. The first kappa shape index (κ1) is 16.2. The van der Waals surface area contributed by atoms with Gasteiger partial charge in [-0.2, -0.15) is 0 Å². The highest BCUT2D eigenvalue weighted by atomic mass is 16.1. The largest absolute Gasteiger partial charge is 0.298 e. The molecule has 20 heavy (non-hydrogen) atoms. The van der Waals surface area contributed by atoms with Crippen LogP contribution in [0, 0.1) is 6.92 Å². The van der Waals surface area contributed by atoms with E-state index in [1.54, 1.807) is 0 Å². The number of aldehydes is 1. The highest BCUT2D eigenvalue weighted by Gasteiger charge is 2.13. The van der Waals surface area contributed by atoms with E-state index in [1.165, 1.54) is 16.7 Å². The van der Waals surface area contributed by atoms with Gasteiger partial charge in [0.2, 0.25) is 0 Å². The Kier molecular flexibility index (Phi) is 6.72. The van der Waals surface area contributed by atoms with Gasteiger partial charge in [-0.05, 0) is 36.1 Å². The van der Waals surface area contributed by atoms with Crippen molar-refractivity contribution in [3.63, 3.8) is 0 Å². The molecule has 1 heteroatoms. The van der Waals surface area contributed by atoms with Crippen LogP contribution >= 0.6 is 0 Å². The Morgan fingerprint density at radius 2 is 1.70 bits per heavy atom. The fraction of sp³-hybridized carbons (Fsp3) is 0.316. The monoisotopic (exact) mass is 268 g/mol. The highest BCUT2D eigenvalue weighted by Crippen LogP contribution is 2.30. The van der Waals surface area contributed by atoms with E-state index in [-0.39, 0.29) is 0 Å². The summed E-state index contributed by atoms with van der Waals surface area (Å²) in [6.45, 7) is 8.28. The minimum absolute atomic E-state index is 0.409. The van der Waals surface area contributed by atoms with Gasteiger partial charge in [-0.3, -0.25) is 4.79 Å². The average Bonchev–Trinajstić information content (AvgIpc) is 2.52. The minimum Gasteiger partial charge on any atom is -0.298 e. The van der Waals surface area contributed by atoms with Crippen molar-refractivity contribution >= 4 is 6.29 Å². The number of carbonyl (C=O) groups is 1. The van der Waals surface area contributed by atoms with Crippen molar-refractivity contribution in [2.45, 2.75) is 40.0 Å². The zero-order valence-corrected chi connectivity index (χ0v) is 12.9. The zero-order chi connectivity index (χ0) is 15.0. The second kappa shape index (κ2) is 8.31. The van der Waals surface area contributed by atoms with Crippen LogP contribution in [0.4, 0.5) is 0 Å². The van der Waals surface area contributed by atoms with Gasteiger partial charge in [-0.15, -0.1) is 0 Å². The molecule has 0 saturated carbocycles. The maximum absolute atomic E-state index is 10.8. The summed E-state index contributed by atoms with van der Waals surface area (Å²) >= 11 is 0. The molecule has 0 aliphatic heterocycles. The Morgan fingerprint density at radius 1 is 1.05 bits per heavy atom. The van der Waals surface area contributed by atoms with Crippen molar-refractivity contribution in [1.82, 2.24) is 0 Å². The average molecular weight is 268 g/mol. The second-order valence-electron chi connectivity index (χ2n) is 4.61. The van der Waals surface area contributed by atoms with Gasteiger partial charge in [0.05, 0.1) is 0 Å². The first-order valence-corrected chi connectivity index (χ1v) is 7.37. The van der Waals surface area contributed by atoms with E-state index in [0.717, 1.165) is 18.3 Å². The van der Waals surface area contributed by atoms with Crippen LogP contribution in [0.2, 0.25) is 0 Å². The van der Waals surface area contributed by atoms with Crippen LogP contribution in [-0.2, 0) is 0 Å². The molecule has 1 unspecified atom stereocenters. The lowest BCUT2D eigenvalue weighted by Crippen LogP contribution is -2.02. The molecule has 1 nitrogen and oxygen atoms in total. The number of rotatable bonds is 4. The molecule has 0 heterocycles. The molecule has 0 fully saturated rings. The summed E-state index contributed by atoms with van der Waals surface area (Å²) in [4.78, 5) is 10.8. The molecule has 0 amide bonds. The molecule has 0 bridgehead atoms. The molecular formula is C19H24O. The number of benzene rings is 2. The molecule has 0 spiro atoms. The molecule has 2 aromatic carbocycles. The third-order valence-corrected chi connectivity index (χ3v) is 3.42. The van der Waals surface area contributed by atoms with Crippen LogP contribution in [-0.4, -0.2) is 6.29 Å². The Hall–Kier alpha value is -1.89. The van der Waals surface area contributed by atoms with Crippen LogP contribution in [0.15, 0.2) is 48.5 Å². The first-order valence-electron chi connectivity index (χ1n) is 7.37. The van der Waals surface area contributed by atoms with Crippen LogP contribution in [0.5, 0.6) is 0 Å².